The number of carboxylic acids is 1. The Morgan fingerprint density at radius 1 is 0.970 bits per heavy atom. The second kappa shape index (κ2) is 8.54. The van der Waals surface area contributed by atoms with Crippen LogP contribution in [0.5, 0.6) is 23.0 Å². The third-order valence-corrected chi connectivity index (χ3v) is 6.33. The number of methoxy groups -OCH3 is 1. The van der Waals surface area contributed by atoms with Gasteiger partial charge in [-0.05, 0) is 58.7 Å². The molecular formula is C27H24O6. The highest BCUT2D eigenvalue weighted by Gasteiger charge is 2.47. The molecule has 3 aromatic carbocycles. The molecule has 2 aliphatic rings. The van der Waals surface area contributed by atoms with Gasteiger partial charge in [-0.2, -0.15) is 0 Å². The predicted molar refractivity (Wildman–Crippen MR) is 123 cm³/mol. The molecule has 0 fully saturated rings. The number of carboxylic acid groups (broad SMARTS) is 1. The van der Waals surface area contributed by atoms with E-state index in [0.29, 0.717) is 23.9 Å². The third kappa shape index (κ3) is 3.67. The molecule has 6 nitrogen and oxygen atoms in total. The third-order valence-electron chi connectivity index (χ3n) is 6.33. The van der Waals surface area contributed by atoms with Gasteiger partial charge in [0.2, 0.25) is 6.79 Å². The number of rotatable bonds is 7. The van der Waals surface area contributed by atoms with Gasteiger partial charge in [-0.25, -0.2) is 0 Å². The van der Waals surface area contributed by atoms with E-state index in [2.05, 4.69) is 6.58 Å². The van der Waals surface area contributed by atoms with Crippen LogP contribution in [0.1, 0.15) is 34.1 Å². The molecule has 0 radical (unpaired) electrons. The number of ether oxygens (including phenoxy) is 4. The minimum Gasteiger partial charge on any atom is -0.497 e. The number of hydrogen-bond acceptors (Lipinski definition) is 5. The van der Waals surface area contributed by atoms with Crippen LogP contribution in [-0.4, -0.2) is 31.6 Å². The molecule has 5 rings (SSSR count). The van der Waals surface area contributed by atoms with Crippen LogP contribution in [0.2, 0.25) is 0 Å². The van der Waals surface area contributed by atoms with Gasteiger partial charge in [0, 0.05) is 11.8 Å². The first-order valence-corrected chi connectivity index (χ1v) is 10.7. The van der Waals surface area contributed by atoms with Crippen molar-refractivity contribution in [3.63, 3.8) is 0 Å². The molecule has 0 spiro atoms. The number of fused-ring (bicyclic) bond motifs is 2. The van der Waals surface area contributed by atoms with Crippen LogP contribution < -0.4 is 18.9 Å². The maximum atomic E-state index is 12.7. The van der Waals surface area contributed by atoms with Gasteiger partial charge in [0.15, 0.2) is 11.5 Å². The van der Waals surface area contributed by atoms with Gasteiger partial charge >= 0.3 is 5.97 Å². The molecule has 1 aliphatic carbocycles. The van der Waals surface area contributed by atoms with E-state index in [-0.39, 0.29) is 18.6 Å². The molecule has 3 atom stereocenters. The Morgan fingerprint density at radius 3 is 2.39 bits per heavy atom. The van der Waals surface area contributed by atoms with Crippen molar-refractivity contribution < 1.29 is 28.8 Å². The summed E-state index contributed by atoms with van der Waals surface area (Å²) in [5, 5.41) is 10.4. The van der Waals surface area contributed by atoms with Crippen molar-refractivity contribution in [2.24, 2.45) is 5.92 Å². The lowest BCUT2D eigenvalue weighted by Gasteiger charge is -2.23. The zero-order chi connectivity index (χ0) is 22.9. The van der Waals surface area contributed by atoms with Gasteiger partial charge in [-0.15, -0.1) is 0 Å². The second-order valence-corrected chi connectivity index (χ2v) is 8.10. The average molecular weight is 444 g/mol. The highest BCUT2D eigenvalue weighted by molar-refractivity contribution is 5.78. The average Bonchev–Trinajstić information content (AvgIpc) is 3.44. The minimum atomic E-state index is -0.858. The van der Waals surface area contributed by atoms with Crippen molar-refractivity contribution in [1.82, 2.24) is 0 Å². The molecule has 1 aliphatic heterocycles. The standard InChI is InChI=1S/C27H24O6/c1-3-12-31-19-9-10-20-21(14-19)24(16-4-7-18(30-2)8-5-16)26(27(28)29)25(20)17-6-11-22-23(13-17)33-15-32-22/h3-11,13-14,24-26H,1,12,15H2,2H3,(H,28,29). The van der Waals surface area contributed by atoms with Crippen LogP contribution in [-0.2, 0) is 4.79 Å². The molecule has 1 heterocycles. The number of benzene rings is 3. The SMILES string of the molecule is C=CCOc1ccc2c(c1)C(c1ccc(OC)cc1)C(C(=O)O)C2c1ccc2c(c1)OCO2. The first-order chi connectivity index (χ1) is 16.1. The Morgan fingerprint density at radius 2 is 1.67 bits per heavy atom. The van der Waals surface area contributed by atoms with Crippen LogP contribution in [0.3, 0.4) is 0 Å². The Kier molecular flexibility index (Phi) is 5.42. The van der Waals surface area contributed by atoms with Gasteiger partial charge in [0.1, 0.15) is 18.1 Å². The molecule has 0 amide bonds. The lowest BCUT2D eigenvalue weighted by Crippen LogP contribution is -2.23. The Balaban J connectivity index is 1.66. The molecule has 0 saturated carbocycles. The Bertz CT molecular complexity index is 1200. The van der Waals surface area contributed by atoms with Gasteiger partial charge in [-0.1, -0.05) is 36.9 Å². The normalized spacial score (nSPS) is 20.2. The van der Waals surface area contributed by atoms with Crippen LogP contribution in [0, 0.1) is 5.92 Å². The fourth-order valence-electron chi connectivity index (χ4n) is 4.91. The number of aliphatic carboxylic acids is 1. The predicted octanol–water partition coefficient (Wildman–Crippen LogP) is 4.97. The van der Waals surface area contributed by atoms with E-state index in [4.69, 9.17) is 18.9 Å². The first-order valence-electron chi connectivity index (χ1n) is 10.7. The zero-order valence-corrected chi connectivity index (χ0v) is 18.2. The lowest BCUT2D eigenvalue weighted by atomic mass is 9.79. The van der Waals surface area contributed by atoms with Crippen molar-refractivity contribution in [1.29, 1.82) is 0 Å². The molecule has 6 heteroatoms. The van der Waals surface area contributed by atoms with Crippen molar-refractivity contribution in [2.75, 3.05) is 20.5 Å². The number of carbonyl (C=O) groups is 1. The molecule has 0 bridgehead atoms. The van der Waals surface area contributed by atoms with Crippen molar-refractivity contribution in [3.05, 3.63) is 95.6 Å². The summed E-state index contributed by atoms with van der Waals surface area (Å²) in [6.45, 7) is 4.25. The fraction of sp³-hybridized carbons (Fsp3) is 0.222. The fourth-order valence-corrected chi connectivity index (χ4v) is 4.91. The van der Waals surface area contributed by atoms with E-state index >= 15 is 0 Å². The maximum absolute atomic E-state index is 12.7. The summed E-state index contributed by atoms with van der Waals surface area (Å²) in [6.07, 6.45) is 1.68. The quantitative estimate of drug-likeness (QED) is 0.519. The van der Waals surface area contributed by atoms with Crippen molar-refractivity contribution in [2.45, 2.75) is 11.8 Å². The van der Waals surface area contributed by atoms with E-state index in [1.165, 1.54) is 0 Å². The van der Waals surface area contributed by atoms with Crippen LogP contribution in [0.25, 0.3) is 0 Å². The number of hydrogen-bond donors (Lipinski definition) is 1. The zero-order valence-electron chi connectivity index (χ0n) is 18.2. The Hall–Kier alpha value is -3.93. The monoisotopic (exact) mass is 444 g/mol. The molecular weight excluding hydrogens is 420 g/mol. The highest BCUT2D eigenvalue weighted by Crippen LogP contribution is 2.54. The summed E-state index contributed by atoms with van der Waals surface area (Å²) >= 11 is 0. The topological polar surface area (TPSA) is 74.2 Å². The summed E-state index contributed by atoms with van der Waals surface area (Å²) < 4.78 is 22.1. The summed E-state index contributed by atoms with van der Waals surface area (Å²) in [7, 11) is 1.61. The summed E-state index contributed by atoms with van der Waals surface area (Å²) in [5.41, 5.74) is 3.70. The molecule has 3 aromatic rings. The largest absolute Gasteiger partial charge is 0.497 e. The van der Waals surface area contributed by atoms with Crippen LogP contribution in [0.15, 0.2) is 73.3 Å². The molecule has 0 aromatic heterocycles. The molecule has 3 unspecified atom stereocenters. The summed E-state index contributed by atoms with van der Waals surface area (Å²) in [6, 6.07) is 19.1. The van der Waals surface area contributed by atoms with E-state index in [0.717, 1.165) is 28.0 Å². The molecule has 33 heavy (non-hydrogen) atoms. The maximum Gasteiger partial charge on any atom is 0.308 e. The van der Waals surface area contributed by atoms with Gasteiger partial charge in [0.25, 0.3) is 0 Å². The van der Waals surface area contributed by atoms with Crippen molar-refractivity contribution in [3.8, 4) is 23.0 Å². The highest BCUT2D eigenvalue weighted by atomic mass is 16.7. The van der Waals surface area contributed by atoms with E-state index in [1.54, 1.807) is 13.2 Å². The van der Waals surface area contributed by atoms with Crippen LogP contribution in [0.4, 0.5) is 0 Å². The molecule has 168 valence electrons. The van der Waals surface area contributed by atoms with Crippen molar-refractivity contribution >= 4 is 5.97 Å². The second-order valence-electron chi connectivity index (χ2n) is 8.10. The van der Waals surface area contributed by atoms with Gasteiger partial charge in [-0.3, -0.25) is 4.79 Å². The molecule has 1 N–H and O–H groups in total. The lowest BCUT2D eigenvalue weighted by molar-refractivity contribution is -0.142. The Labute approximate surface area is 192 Å². The summed E-state index contributed by atoms with van der Waals surface area (Å²) in [4.78, 5) is 12.7. The smallest absolute Gasteiger partial charge is 0.308 e. The van der Waals surface area contributed by atoms with Gasteiger partial charge in [0.05, 0.1) is 13.0 Å². The summed E-state index contributed by atoms with van der Waals surface area (Å²) in [5.74, 6) is 0.438. The first kappa shape index (κ1) is 20.9. The van der Waals surface area contributed by atoms with E-state index in [9.17, 15) is 9.90 Å². The molecule has 0 saturated heterocycles. The van der Waals surface area contributed by atoms with E-state index in [1.807, 2.05) is 60.7 Å². The minimum absolute atomic E-state index is 0.168. The van der Waals surface area contributed by atoms with Gasteiger partial charge < -0.3 is 24.1 Å². The van der Waals surface area contributed by atoms with E-state index < -0.39 is 11.9 Å². The van der Waals surface area contributed by atoms with Crippen LogP contribution >= 0.6 is 0 Å².